The molecule has 1 aliphatic rings. The summed E-state index contributed by atoms with van der Waals surface area (Å²) in [5, 5.41) is 11.9. The predicted octanol–water partition coefficient (Wildman–Crippen LogP) is 4.65. The number of aliphatic carboxylic acids is 1. The molecule has 2 aromatic carbocycles. The van der Waals surface area contributed by atoms with Crippen molar-refractivity contribution in [3.8, 4) is 11.1 Å². The second-order valence-electron chi connectivity index (χ2n) is 9.73. The lowest BCUT2D eigenvalue weighted by atomic mass is 9.98. The number of nitrogens with one attached hydrogen (secondary N) is 1. The zero-order valence-corrected chi connectivity index (χ0v) is 20.3. The van der Waals surface area contributed by atoms with E-state index < -0.39 is 17.6 Å². The number of hydrogen-bond acceptors (Lipinski definition) is 4. The quantitative estimate of drug-likeness (QED) is 0.561. The first kappa shape index (κ1) is 25.3. The minimum Gasteiger partial charge on any atom is -0.480 e. The molecule has 34 heavy (non-hydrogen) atoms. The van der Waals surface area contributed by atoms with Gasteiger partial charge in [0.1, 0.15) is 13.2 Å². The minimum atomic E-state index is -1.05. The molecule has 2 N–H and O–H groups in total. The highest BCUT2D eigenvalue weighted by molar-refractivity contribution is 5.82. The van der Waals surface area contributed by atoms with Gasteiger partial charge in [-0.25, -0.2) is 4.79 Å². The predicted molar refractivity (Wildman–Crippen MR) is 131 cm³/mol. The molecule has 2 aromatic rings. The van der Waals surface area contributed by atoms with Gasteiger partial charge in [-0.1, -0.05) is 61.9 Å². The molecule has 0 saturated heterocycles. The molecule has 0 saturated carbocycles. The molecule has 0 aliphatic heterocycles. The van der Waals surface area contributed by atoms with Crippen LogP contribution in [0.5, 0.6) is 0 Å². The van der Waals surface area contributed by atoms with Crippen LogP contribution >= 0.6 is 0 Å². The second kappa shape index (κ2) is 10.7. The summed E-state index contributed by atoms with van der Waals surface area (Å²) in [6, 6.07) is 16.3. The smallest absolute Gasteiger partial charge is 0.407 e. The van der Waals surface area contributed by atoms with Crippen molar-refractivity contribution in [1.29, 1.82) is 0 Å². The lowest BCUT2D eigenvalue weighted by molar-refractivity contribution is -0.148. The molecule has 7 nitrogen and oxygen atoms in total. The van der Waals surface area contributed by atoms with E-state index >= 15 is 0 Å². The molecule has 182 valence electrons. The first-order chi connectivity index (χ1) is 16.1. The molecule has 0 fully saturated rings. The van der Waals surface area contributed by atoms with Gasteiger partial charge < -0.3 is 20.1 Å². The summed E-state index contributed by atoms with van der Waals surface area (Å²) in [6.07, 6.45) is 0.302. The molecule has 0 bridgehead atoms. The van der Waals surface area contributed by atoms with Crippen LogP contribution in [0.15, 0.2) is 48.5 Å². The summed E-state index contributed by atoms with van der Waals surface area (Å²) < 4.78 is 5.57. The van der Waals surface area contributed by atoms with Gasteiger partial charge in [-0.2, -0.15) is 0 Å². The maximum absolute atomic E-state index is 12.8. The normalized spacial score (nSPS) is 13.5. The fourth-order valence-corrected chi connectivity index (χ4v) is 4.43. The third-order valence-corrected chi connectivity index (χ3v) is 6.32. The van der Waals surface area contributed by atoms with Crippen molar-refractivity contribution in [3.05, 3.63) is 59.7 Å². The summed E-state index contributed by atoms with van der Waals surface area (Å²) in [7, 11) is 0. The number of amides is 2. The Morgan fingerprint density at radius 2 is 1.59 bits per heavy atom. The standard InChI is InChI=1S/C27H34N2O5/c1-5-18(14-24(30)29(16-25(31)32)27(2,3)4)15-28-26(33)34-17-23-21-12-8-6-10-19(21)20-11-7-9-13-22(20)23/h6-13,18,23H,5,14-17H2,1-4H3,(H,28,33)(H,31,32). The third kappa shape index (κ3) is 5.95. The van der Waals surface area contributed by atoms with E-state index in [9.17, 15) is 14.4 Å². The molecular formula is C27H34N2O5. The molecule has 2 amide bonds. The first-order valence-electron chi connectivity index (χ1n) is 11.7. The van der Waals surface area contributed by atoms with E-state index in [0.29, 0.717) is 6.42 Å². The molecule has 0 heterocycles. The zero-order chi connectivity index (χ0) is 24.9. The van der Waals surface area contributed by atoms with Gasteiger partial charge >= 0.3 is 12.1 Å². The van der Waals surface area contributed by atoms with Gasteiger partial charge in [0, 0.05) is 24.4 Å². The summed E-state index contributed by atoms with van der Waals surface area (Å²) >= 11 is 0. The van der Waals surface area contributed by atoms with Crippen molar-refractivity contribution in [2.75, 3.05) is 19.7 Å². The monoisotopic (exact) mass is 466 g/mol. The van der Waals surface area contributed by atoms with Crippen LogP contribution in [0.1, 0.15) is 57.6 Å². The maximum Gasteiger partial charge on any atom is 0.407 e. The minimum absolute atomic E-state index is 0.0157. The highest BCUT2D eigenvalue weighted by Crippen LogP contribution is 2.44. The van der Waals surface area contributed by atoms with Crippen LogP contribution in [0.3, 0.4) is 0 Å². The summed E-state index contributed by atoms with van der Waals surface area (Å²) in [5.41, 5.74) is 4.03. The molecule has 1 aliphatic carbocycles. The Bertz CT molecular complexity index is 998. The lowest BCUT2D eigenvalue weighted by Gasteiger charge is -2.35. The number of carboxylic acids is 1. The number of alkyl carbamates (subject to hydrolysis) is 1. The van der Waals surface area contributed by atoms with E-state index in [1.165, 1.54) is 16.0 Å². The van der Waals surface area contributed by atoms with Crippen molar-refractivity contribution < 1.29 is 24.2 Å². The van der Waals surface area contributed by atoms with Gasteiger partial charge in [-0.3, -0.25) is 9.59 Å². The van der Waals surface area contributed by atoms with Crippen molar-refractivity contribution in [1.82, 2.24) is 10.2 Å². The third-order valence-electron chi connectivity index (χ3n) is 6.32. The molecule has 0 spiro atoms. The van der Waals surface area contributed by atoms with Gasteiger partial charge in [-0.15, -0.1) is 0 Å². The van der Waals surface area contributed by atoms with Gasteiger partial charge in [-0.05, 0) is 48.9 Å². The SMILES string of the molecule is CCC(CNC(=O)OCC1c2ccccc2-c2ccccc21)CC(=O)N(CC(=O)O)C(C)(C)C. The van der Waals surface area contributed by atoms with E-state index in [1.54, 1.807) is 0 Å². The van der Waals surface area contributed by atoms with Gasteiger partial charge in [0.15, 0.2) is 0 Å². The van der Waals surface area contributed by atoms with Crippen LogP contribution in [-0.2, 0) is 14.3 Å². The topological polar surface area (TPSA) is 95.9 Å². The van der Waals surface area contributed by atoms with Crippen LogP contribution < -0.4 is 5.32 Å². The number of benzene rings is 2. The molecule has 1 atom stereocenters. The highest BCUT2D eigenvalue weighted by Gasteiger charge is 2.31. The number of carboxylic acid groups (broad SMARTS) is 1. The fourth-order valence-electron chi connectivity index (χ4n) is 4.43. The van der Waals surface area contributed by atoms with Gasteiger partial charge in [0.25, 0.3) is 0 Å². The van der Waals surface area contributed by atoms with E-state index in [1.807, 2.05) is 52.0 Å². The van der Waals surface area contributed by atoms with Crippen molar-refractivity contribution >= 4 is 18.0 Å². The number of carbonyl (C=O) groups excluding carboxylic acids is 2. The lowest BCUT2D eigenvalue weighted by Crippen LogP contribution is -2.49. The van der Waals surface area contributed by atoms with E-state index in [2.05, 4.69) is 29.6 Å². The molecular weight excluding hydrogens is 432 g/mol. The van der Waals surface area contributed by atoms with Crippen LogP contribution in [0, 0.1) is 5.92 Å². The van der Waals surface area contributed by atoms with Crippen molar-refractivity contribution in [3.63, 3.8) is 0 Å². The Morgan fingerprint density at radius 3 is 2.09 bits per heavy atom. The fraction of sp³-hybridized carbons (Fsp3) is 0.444. The summed E-state index contributed by atoms with van der Waals surface area (Å²) in [4.78, 5) is 37.8. The number of fused-ring (bicyclic) bond motifs is 3. The molecule has 0 aromatic heterocycles. The number of rotatable bonds is 9. The van der Waals surface area contributed by atoms with E-state index in [-0.39, 0.29) is 43.9 Å². The van der Waals surface area contributed by atoms with Crippen molar-refractivity contribution in [2.24, 2.45) is 5.92 Å². The van der Waals surface area contributed by atoms with Crippen molar-refractivity contribution in [2.45, 2.75) is 52.0 Å². The van der Waals surface area contributed by atoms with Crippen LogP contribution in [0.2, 0.25) is 0 Å². The Balaban J connectivity index is 1.55. The van der Waals surface area contributed by atoms with Gasteiger partial charge in [0.05, 0.1) is 0 Å². The number of hydrogen-bond donors (Lipinski definition) is 2. The van der Waals surface area contributed by atoms with Crippen LogP contribution in [-0.4, -0.2) is 53.2 Å². The summed E-state index contributed by atoms with van der Waals surface area (Å²) in [5.74, 6) is -1.42. The Morgan fingerprint density at radius 1 is 1.03 bits per heavy atom. The number of nitrogens with zero attached hydrogens (tertiary/aromatic N) is 1. The Kier molecular flexibility index (Phi) is 7.97. The van der Waals surface area contributed by atoms with E-state index in [0.717, 1.165) is 11.1 Å². The second-order valence-corrected chi connectivity index (χ2v) is 9.73. The van der Waals surface area contributed by atoms with Crippen LogP contribution in [0.4, 0.5) is 4.79 Å². The number of carbonyl (C=O) groups is 3. The Labute approximate surface area is 201 Å². The average molecular weight is 467 g/mol. The maximum atomic E-state index is 12.8. The van der Waals surface area contributed by atoms with E-state index in [4.69, 9.17) is 9.84 Å². The Hall–Kier alpha value is -3.35. The summed E-state index contributed by atoms with van der Waals surface area (Å²) in [6.45, 7) is 7.53. The first-order valence-corrected chi connectivity index (χ1v) is 11.7. The largest absolute Gasteiger partial charge is 0.480 e. The average Bonchev–Trinajstić information content (AvgIpc) is 3.11. The van der Waals surface area contributed by atoms with Gasteiger partial charge in [0.2, 0.25) is 5.91 Å². The molecule has 3 rings (SSSR count). The van der Waals surface area contributed by atoms with Crippen LogP contribution in [0.25, 0.3) is 11.1 Å². The highest BCUT2D eigenvalue weighted by atomic mass is 16.5. The number of ether oxygens (including phenoxy) is 1. The molecule has 1 unspecified atom stereocenters. The molecule has 7 heteroatoms. The zero-order valence-electron chi connectivity index (χ0n) is 20.3. The molecule has 0 radical (unpaired) electrons.